The summed E-state index contributed by atoms with van der Waals surface area (Å²) in [6.45, 7) is 5.82. The lowest BCUT2D eigenvalue weighted by Crippen LogP contribution is -2.25. The second-order valence-corrected chi connectivity index (χ2v) is 11.5. The van der Waals surface area contributed by atoms with Gasteiger partial charge in [-0.15, -0.1) is 6.58 Å². The molecule has 0 aromatic heterocycles. The average Bonchev–Trinajstić information content (AvgIpc) is 2.98. The minimum absolute atomic E-state index is 0.142. The van der Waals surface area contributed by atoms with Crippen LogP contribution < -0.4 is 0 Å². The van der Waals surface area contributed by atoms with Crippen LogP contribution in [-0.4, -0.2) is 0 Å². The fraction of sp³-hybridized carbons (Fsp3) is 0.389. The Kier molecular flexibility index (Phi) is 8.75. The molecule has 3 heteroatoms. The summed E-state index contributed by atoms with van der Waals surface area (Å²) in [5.74, 6) is 0.826. The molecule has 3 aromatic carbocycles. The minimum atomic E-state index is -0.834. The highest BCUT2D eigenvalue weighted by Crippen LogP contribution is 2.44. The summed E-state index contributed by atoms with van der Waals surface area (Å²) in [6, 6.07) is 16.1. The standard InChI is InChI=1S/C36H39F3/c1-3-5-6-30-19-22-33(36(39)35(30)38)29-17-13-27(14-18-29)31-20-21-32(34(37)23-31)28-15-11-26(12-16-28)25-9-7-24(4-2)8-10-25/h3-5,13-14,17-26,28H,2,6-12,15-16H2,1H3/b5-3-. The normalized spacial score (nSPS) is 23.7. The van der Waals surface area contributed by atoms with Crippen LogP contribution in [-0.2, 0) is 6.42 Å². The summed E-state index contributed by atoms with van der Waals surface area (Å²) < 4.78 is 44.6. The van der Waals surface area contributed by atoms with Crippen LogP contribution in [0.2, 0.25) is 0 Å². The van der Waals surface area contributed by atoms with Crippen molar-refractivity contribution in [2.75, 3.05) is 0 Å². The average molecular weight is 529 g/mol. The van der Waals surface area contributed by atoms with Gasteiger partial charge in [0.15, 0.2) is 11.6 Å². The molecule has 2 aliphatic rings. The van der Waals surface area contributed by atoms with Crippen LogP contribution in [0, 0.1) is 35.2 Å². The van der Waals surface area contributed by atoms with E-state index in [9.17, 15) is 8.78 Å². The molecule has 3 aromatic rings. The van der Waals surface area contributed by atoms with Gasteiger partial charge >= 0.3 is 0 Å². The van der Waals surface area contributed by atoms with Crippen molar-refractivity contribution in [3.8, 4) is 22.3 Å². The number of halogens is 3. The van der Waals surface area contributed by atoms with E-state index >= 15 is 4.39 Å². The zero-order chi connectivity index (χ0) is 27.4. The van der Waals surface area contributed by atoms with Gasteiger partial charge < -0.3 is 0 Å². The van der Waals surface area contributed by atoms with E-state index in [1.807, 2.05) is 37.3 Å². The first-order valence-electron chi connectivity index (χ1n) is 14.6. The van der Waals surface area contributed by atoms with Crippen molar-refractivity contribution in [1.82, 2.24) is 0 Å². The van der Waals surface area contributed by atoms with Gasteiger partial charge in [0.25, 0.3) is 0 Å². The second-order valence-electron chi connectivity index (χ2n) is 11.5. The maximum Gasteiger partial charge on any atom is 0.166 e. The van der Waals surface area contributed by atoms with Crippen LogP contribution in [0.15, 0.2) is 79.4 Å². The molecule has 2 aliphatic carbocycles. The Morgan fingerprint density at radius 2 is 1.33 bits per heavy atom. The molecule has 204 valence electrons. The maximum absolute atomic E-state index is 15.3. The van der Waals surface area contributed by atoms with Crippen molar-refractivity contribution >= 4 is 0 Å². The molecule has 0 aliphatic heterocycles. The van der Waals surface area contributed by atoms with E-state index < -0.39 is 11.6 Å². The quantitative estimate of drug-likeness (QED) is 0.268. The van der Waals surface area contributed by atoms with E-state index in [1.165, 1.54) is 38.5 Å². The number of rotatable bonds is 7. The van der Waals surface area contributed by atoms with Crippen LogP contribution >= 0.6 is 0 Å². The van der Waals surface area contributed by atoms with Crippen molar-refractivity contribution in [1.29, 1.82) is 0 Å². The van der Waals surface area contributed by atoms with Crippen molar-refractivity contribution in [2.45, 2.75) is 70.6 Å². The van der Waals surface area contributed by atoms with Crippen LogP contribution in [0.25, 0.3) is 22.3 Å². The zero-order valence-electron chi connectivity index (χ0n) is 22.9. The number of allylic oxidation sites excluding steroid dienone is 3. The lowest BCUT2D eigenvalue weighted by molar-refractivity contribution is 0.171. The Balaban J connectivity index is 1.24. The summed E-state index contributed by atoms with van der Waals surface area (Å²) in [4.78, 5) is 0. The Morgan fingerprint density at radius 1 is 0.718 bits per heavy atom. The lowest BCUT2D eigenvalue weighted by Gasteiger charge is -2.37. The smallest absolute Gasteiger partial charge is 0.166 e. The van der Waals surface area contributed by atoms with Crippen LogP contribution in [0.5, 0.6) is 0 Å². The van der Waals surface area contributed by atoms with Crippen LogP contribution in [0.1, 0.15) is 75.3 Å². The predicted octanol–water partition coefficient (Wildman–Crippen LogP) is 10.8. The van der Waals surface area contributed by atoms with E-state index in [0.717, 1.165) is 41.4 Å². The van der Waals surface area contributed by atoms with Crippen LogP contribution in [0.4, 0.5) is 13.2 Å². The van der Waals surface area contributed by atoms with Gasteiger partial charge in [0.1, 0.15) is 5.82 Å². The van der Waals surface area contributed by atoms with Gasteiger partial charge in [0.2, 0.25) is 0 Å². The third kappa shape index (κ3) is 6.08. The van der Waals surface area contributed by atoms with E-state index in [0.29, 0.717) is 23.5 Å². The van der Waals surface area contributed by atoms with Crippen LogP contribution in [0.3, 0.4) is 0 Å². The molecule has 0 radical (unpaired) electrons. The molecule has 2 fully saturated rings. The minimum Gasteiger partial charge on any atom is -0.207 e. The van der Waals surface area contributed by atoms with E-state index in [4.69, 9.17) is 0 Å². The molecule has 0 saturated heterocycles. The highest BCUT2D eigenvalue weighted by molar-refractivity contribution is 5.71. The molecule has 0 N–H and O–H groups in total. The topological polar surface area (TPSA) is 0 Å². The molecule has 0 bridgehead atoms. The largest absolute Gasteiger partial charge is 0.207 e. The van der Waals surface area contributed by atoms with E-state index in [-0.39, 0.29) is 17.3 Å². The van der Waals surface area contributed by atoms with E-state index in [1.54, 1.807) is 36.4 Å². The first-order valence-corrected chi connectivity index (χ1v) is 14.6. The molecule has 0 amide bonds. The van der Waals surface area contributed by atoms with Gasteiger partial charge in [-0.3, -0.25) is 0 Å². The molecule has 39 heavy (non-hydrogen) atoms. The van der Waals surface area contributed by atoms with Gasteiger partial charge in [-0.25, -0.2) is 13.2 Å². The Bertz CT molecular complexity index is 1300. The lowest BCUT2D eigenvalue weighted by atomic mass is 9.68. The van der Waals surface area contributed by atoms with Gasteiger partial charge in [-0.1, -0.05) is 66.8 Å². The van der Waals surface area contributed by atoms with Crippen molar-refractivity contribution in [3.63, 3.8) is 0 Å². The highest BCUT2D eigenvalue weighted by atomic mass is 19.2. The first-order chi connectivity index (χ1) is 19.0. The summed E-state index contributed by atoms with van der Waals surface area (Å²) in [5.41, 5.74) is 3.65. The number of hydrogen-bond donors (Lipinski definition) is 0. The molecular formula is C36H39F3. The summed E-state index contributed by atoms with van der Waals surface area (Å²) in [6.07, 6.45) is 15.8. The number of benzene rings is 3. The Hall–Kier alpha value is -3.07. The molecule has 0 spiro atoms. The van der Waals surface area contributed by atoms with Crippen molar-refractivity contribution in [3.05, 3.63) is 108 Å². The van der Waals surface area contributed by atoms with Crippen molar-refractivity contribution < 1.29 is 13.2 Å². The maximum atomic E-state index is 15.3. The number of hydrogen-bond acceptors (Lipinski definition) is 0. The Labute approximate surface area is 231 Å². The molecule has 0 heterocycles. The third-order valence-corrected chi connectivity index (χ3v) is 9.29. The van der Waals surface area contributed by atoms with Gasteiger partial charge in [-0.05, 0) is 122 Å². The van der Waals surface area contributed by atoms with Gasteiger partial charge in [-0.2, -0.15) is 0 Å². The van der Waals surface area contributed by atoms with Gasteiger partial charge in [0.05, 0.1) is 0 Å². The molecule has 5 rings (SSSR count). The van der Waals surface area contributed by atoms with Crippen molar-refractivity contribution in [2.24, 2.45) is 17.8 Å². The molecule has 0 nitrogen and oxygen atoms in total. The second kappa shape index (κ2) is 12.4. The van der Waals surface area contributed by atoms with Gasteiger partial charge in [0, 0.05) is 5.56 Å². The Morgan fingerprint density at radius 3 is 1.95 bits per heavy atom. The molecule has 0 atom stereocenters. The SMILES string of the molecule is C=CC1CCC(C2CCC(c3ccc(-c4ccc(-c5ccc(C/C=C\C)c(F)c5F)cc4)cc3F)CC2)CC1. The summed E-state index contributed by atoms with van der Waals surface area (Å²) in [7, 11) is 0. The molecular weight excluding hydrogens is 489 g/mol. The molecule has 2 saturated carbocycles. The fourth-order valence-corrected chi connectivity index (χ4v) is 6.85. The summed E-state index contributed by atoms with van der Waals surface area (Å²) in [5, 5.41) is 0. The first kappa shape index (κ1) is 27.5. The zero-order valence-corrected chi connectivity index (χ0v) is 22.9. The highest BCUT2D eigenvalue weighted by Gasteiger charge is 2.31. The predicted molar refractivity (Wildman–Crippen MR) is 156 cm³/mol. The monoisotopic (exact) mass is 528 g/mol. The third-order valence-electron chi connectivity index (χ3n) is 9.29. The fourth-order valence-electron chi connectivity index (χ4n) is 6.85. The summed E-state index contributed by atoms with van der Waals surface area (Å²) >= 11 is 0. The molecule has 0 unspecified atom stereocenters. The van der Waals surface area contributed by atoms with E-state index in [2.05, 4.69) is 12.7 Å².